The molecule has 0 aromatic heterocycles. The summed E-state index contributed by atoms with van der Waals surface area (Å²) in [6.07, 6.45) is 2.07. The van der Waals surface area contributed by atoms with Gasteiger partial charge in [0.05, 0.1) is 6.04 Å². The number of nitrogens with one attached hydrogen (secondary N) is 2. The molecule has 4 heteroatoms. The van der Waals surface area contributed by atoms with Crippen molar-refractivity contribution in [1.29, 1.82) is 0 Å². The Balaban J connectivity index is 1.96. The maximum absolute atomic E-state index is 12.3. The van der Waals surface area contributed by atoms with E-state index in [1.54, 1.807) is 0 Å². The second-order valence-corrected chi connectivity index (χ2v) is 6.06. The van der Waals surface area contributed by atoms with E-state index < -0.39 is 0 Å². The van der Waals surface area contributed by atoms with Gasteiger partial charge in [-0.25, -0.2) is 0 Å². The molecular formula is C16H25N3O. The van der Waals surface area contributed by atoms with Crippen molar-refractivity contribution in [3.05, 3.63) is 29.8 Å². The summed E-state index contributed by atoms with van der Waals surface area (Å²) >= 11 is 0. The van der Waals surface area contributed by atoms with E-state index in [9.17, 15) is 4.79 Å². The summed E-state index contributed by atoms with van der Waals surface area (Å²) in [5.41, 5.74) is 2.09. The van der Waals surface area contributed by atoms with Crippen LogP contribution in [0.15, 0.2) is 24.3 Å². The Morgan fingerprint density at radius 3 is 2.95 bits per heavy atom. The van der Waals surface area contributed by atoms with Crippen molar-refractivity contribution >= 4 is 11.6 Å². The van der Waals surface area contributed by atoms with Crippen molar-refractivity contribution in [2.75, 3.05) is 26.0 Å². The Kier molecular flexibility index (Phi) is 5.15. The third kappa shape index (κ3) is 4.32. The molecule has 110 valence electrons. The first kappa shape index (κ1) is 15.0. The molecule has 20 heavy (non-hydrogen) atoms. The molecule has 1 heterocycles. The lowest BCUT2D eigenvalue weighted by molar-refractivity contribution is -0.119. The number of anilines is 1. The molecule has 1 amide bonds. The van der Waals surface area contributed by atoms with Gasteiger partial charge in [0.15, 0.2) is 0 Å². The lowest BCUT2D eigenvalue weighted by Gasteiger charge is -2.27. The molecule has 1 fully saturated rings. The molecule has 4 nitrogen and oxygen atoms in total. The highest BCUT2D eigenvalue weighted by atomic mass is 16.2. The topological polar surface area (TPSA) is 44.4 Å². The fourth-order valence-corrected chi connectivity index (χ4v) is 2.65. The lowest BCUT2D eigenvalue weighted by atomic mass is 9.94. The van der Waals surface area contributed by atoms with Crippen LogP contribution in [-0.4, -0.2) is 37.5 Å². The number of carbonyl (C=O) groups excluding carboxylic acids is 1. The number of hydrogen-bond acceptors (Lipinski definition) is 3. The zero-order chi connectivity index (χ0) is 14.5. The van der Waals surface area contributed by atoms with Gasteiger partial charge >= 0.3 is 0 Å². The highest BCUT2D eigenvalue weighted by molar-refractivity contribution is 5.94. The number of amides is 1. The minimum absolute atomic E-state index is 0.0590. The number of benzene rings is 1. The van der Waals surface area contributed by atoms with E-state index in [0.29, 0.717) is 5.92 Å². The van der Waals surface area contributed by atoms with Crippen molar-refractivity contribution in [3.63, 3.8) is 0 Å². The maximum atomic E-state index is 12.3. The van der Waals surface area contributed by atoms with Gasteiger partial charge in [-0.1, -0.05) is 19.1 Å². The minimum Gasteiger partial charge on any atom is -0.325 e. The first-order valence-electron chi connectivity index (χ1n) is 7.32. The molecule has 2 rings (SSSR count). The molecule has 2 N–H and O–H groups in total. The molecule has 0 bridgehead atoms. The summed E-state index contributed by atoms with van der Waals surface area (Å²) in [6.45, 7) is 4.02. The minimum atomic E-state index is -0.0590. The van der Waals surface area contributed by atoms with E-state index in [4.69, 9.17) is 0 Å². The third-order valence-electron chi connectivity index (χ3n) is 3.68. The van der Waals surface area contributed by atoms with Crippen LogP contribution in [0.1, 0.15) is 25.3 Å². The summed E-state index contributed by atoms with van der Waals surface area (Å²) in [5.74, 6) is 0.700. The summed E-state index contributed by atoms with van der Waals surface area (Å²) in [4.78, 5) is 14.4. The lowest BCUT2D eigenvalue weighted by Crippen LogP contribution is -2.45. The van der Waals surface area contributed by atoms with E-state index in [0.717, 1.165) is 31.6 Å². The van der Waals surface area contributed by atoms with Gasteiger partial charge in [-0.15, -0.1) is 0 Å². The largest absolute Gasteiger partial charge is 0.325 e. The molecule has 1 aromatic rings. The van der Waals surface area contributed by atoms with Crippen molar-refractivity contribution in [3.8, 4) is 0 Å². The number of carbonyl (C=O) groups is 1. The highest BCUT2D eigenvalue weighted by Gasteiger charge is 2.24. The molecule has 1 saturated heterocycles. The Bertz CT molecular complexity index is 459. The first-order chi connectivity index (χ1) is 9.54. The quantitative estimate of drug-likeness (QED) is 0.884. The summed E-state index contributed by atoms with van der Waals surface area (Å²) in [5, 5.41) is 6.32. The Labute approximate surface area is 121 Å². The fourth-order valence-electron chi connectivity index (χ4n) is 2.65. The Hall–Kier alpha value is -1.39. The number of nitrogens with zero attached hydrogens (tertiary/aromatic N) is 1. The third-order valence-corrected chi connectivity index (χ3v) is 3.68. The number of hydrogen-bond donors (Lipinski definition) is 2. The van der Waals surface area contributed by atoms with Crippen LogP contribution in [0.3, 0.4) is 0 Å². The van der Waals surface area contributed by atoms with Crippen LogP contribution in [0.2, 0.25) is 0 Å². The van der Waals surface area contributed by atoms with Crippen LogP contribution in [0.4, 0.5) is 5.69 Å². The van der Waals surface area contributed by atoms with Crippen LogP contribution in [0.5, 0.6) is 0 Å². The van der Waals surface area contributed by atoms with Gasteiger partial charge < -0.3 is 15.5 Å². The predicted octanol–water partition coefficient (Wildman–Crippen LogP) is 2.07. The van der Waals surface area contributed by atoms with Gasteiger partial charge in [0.2, 0.25) is 5.91 Å². The molecule has 1 aromatic carbocycles. The molecule has 0 radical (unpaired) electrons. The van der Waals surface area contributed by atoms with Crippen molar-refractivity contribution in [2.45, 2.75) is 32.4 Å². The highest BCUT2D eigenvalue weighted by Crippen LogP contribution is 2.17. The van der Waals surface area contributed by atoms with Crippen molar-refractivity contribution in [2.24, 2.45) is 5.92 Å². The molecule has 0 aliphatic carbocycles. The Morgan fingerprint density at radius 2 is 2.25 bits per heavy atom. The standard InChI is InChI=1S/C16H25N3O/c1-12-7-8-17-15(9-12)16(20)18-14-6-4-5-13(10-14)11-19(2)3/h4-6,10,12,15,17H,7-9,11H2,1-3H3,(H,18,20). The molecule has 2 atom stereocenters. The zero-order valence-electron chi connectivity index (χ0n) is 12.6. The zero-order valence-corrected chi connectivity index (χ0v) is 12.6. The van der Waals surface area contributed by atoms with Crippen LogP contribution < -0.4 is 10.6 Å². The second kappa shape index (κ2) is 6.86. The van der Waals surface area contributed by atoms with Crippen molar-refractivity contribution in [1.82, 2.24) is 10.2 Å². The van der Waals surface area contributed by atoms with Gasteiger partial charge in [0, 0.05) is 12.2 Å². The average Bonchev–Trinajstić information content (AvgIpc) is 2.38. The SMILES string of the molecule is CC1CCNC(C(=O)Nc2cccc(CN(C)C)c2)C1. The van der Waals surface area contributed by atoms with E-state index in [2.05, 4.69) is 28.5 Å². The molecule has 0 saturated carbocycles. The maximum Gasteiger partial charge on any atom is 0.241 e. The number of piperidine rings is 1. The van der Waals surface area contributed by atoms with Crippen LogP contribution >= 0.6 is 0 Å². The van der Waals surface area contributed by atoms with Gasteiger partial charge in [0.25, 0.3) is 0 Å². The number of rotatable bonds is 4. The van der Waals surface area contributed by atoms with E-state index >= 15 is 0 Å². The second-order valence-electron chi connectivity index (χ2n) is 6.06. The molecule has 2 unspecified atom stereocenters. The van der Waals surface area contributed by atoms with E-state index in [1.165, 1.54) is 5.56 Å². The summed E-state index contributed by atoms with van der Waals surface area (Å²) in [7, 11) is 4.08. The predicted molar refractivity (Wildman–Crippen MR) is 82.7 cm³/mol. The van der Waals surface area contributed by atoms with E-state index in [-0.39, 0.29) is 11.9 Å². The van der Waals surface area contributed by atoms with Crippen LogP contribution in [0, 0.1) is 5.92 Å². The van der Waals surface area contributed by atoms with Gasteiger partial charge in [-0.2, -0.15) is 0 Å². The monoisotopic (exact) mass is 275 g/mol. The van der Waals surface area contributed by atoms with Gasteiger partial charge in [-0.05, 0) is 57.1 Å². The van der Waals surface area contributed by atoms with Crippen molar-refractivity contribution < 1.29 is 4.79 Å². The fraction of sp³-hybridized carbons (Fsp3) is 0.562. The molecular weight excluding hydrogens is 250 g/mol. The summed E-state index contributed by atoms with van der Waals surface area (Å²) in [6, 6.07) is 8.01. The smallest absolute Gasteiger partial charge is 0.241 e. The Morgan fingerprint density at radius 1 is 1.45 bits per heavy atom. The van der Waals surface area contributed by atoms with Gasteiger partial charge in [0.1, 0.15) is 0 Å². The molecule has 1 aliphatic rings. The van der Waals surface area contributed by atoms with E-state index in [1.807, 2.05) is 32.3 Å². The van der Waals surface area contributed by atoms with Crippen LogP contribution in [-0.2, 0) is 11.3 Å². The summed E-state index contributed by atoms with van der Waals surface area (Å²) < 4.78 is 0. The normalized spacial score (nSPS) is 22.8. The molecule has 1 aliphatic heterocycles. The van der Waals surface area contributed by atoms with Gasteiger partial charge in [-0.3, -0.25) is 4.79 Å². The molecule has 0 spiro atoms. The first-order valence-corrected chi connectivity index (χ1v) is 7.32. The average molecular weight is 275 g/mol. The van der Waals surface area contributed by atoms with Crippen LogP contribution in [0.25, 0.3) is 0 Å².